The first-order valence-electron chi connectivity index (χ1n) is 6.84. The molecular weight excluding hydrogens is 298 g/mol. The van der Waals surface area contributed by atoms with Gasteiger partial charge in [-0.3, -0.25) is 15.0 Å². The van der Waals surface area contributed by atoms with Crippen molar-refractivity contribution in [3.05, 3.63) is 64.8 Å². The Balaban J connectivity index is 1.68. The van der Waals surface area contributed by atoms with Gasteiger partial charge in [0.1, 0.15) is 0 Å². The second kappa shape index (κ2) is 6.65. The molecule has 1 aromatic carbocycles. The van der Waals surface area contributed by atoms with Crippen LogP contribution in [-0.2, 0) is 13.1 Å². The molecule has 2 heterocycles. The Bertz CT molecular complexity index is 786. The fraction of sp³-hybridized carbons (Fsp3) is 0.125. The molecule has 2 aromatic heterocycles. The fourth-order valence-corrected chi connectivity index (χ4v) is 3.14. The zero-order valence-corrected chi connectivity index (χ0v) is 12.6. The predicted octanol–water partition coefficient (Wildman–Crippen LogP) is 2.71. The molecule has 0 unspecified atom stereocenters. The molecule has 0 saturated heterocycles. The Kier molecular flexibility index (Phi) is 4.43. The van der Waals surface area contributed by atoms with E-state index < -0.39 is 5.91 Å². The zero-order valence-electron chi connectivity index (χ0n) is 11.7. The van der Waals surface area contributed by atoms with Crippen LogP contribution in [0.15, 0.2) is 48.7 Å². The van der Waals surface area contributed by atoms with Gasteiger partial charge in [0.15, 0.2) is 0 Å². The molecule has 22 heavy (non-hydrogen) atoms. The lowest BCUT2D eigenvalue weighted by molar-refractivity contribution is 0.0711. The van der Waals surface area contributed by atoms with Gasteiger partial charge in [-0.2, -0.15) is 0 Å². The monoisotopic (exact) mass is 313 g/mol. The average Bonchev–Trinajstić information content (AvgIpc) is 2.98. The number of hydroxylamine groups is 1. The third-order valence-corrected chi connectivity index (χ3v) is 4.38. The van der Waals surface area contributed by atoms with Crippen LogP contribution in [-0.4, -0.2) is 16.1 Å². The number of benzene rings is 1. The van der Waals surface area contributed by atoms with Crippen LogP contribution >= 0.6 is 11.3 Å². The number of nitrogens with zero attached hydrogens (tertiary/aromatic N) is 1. The Morgan fingerprint density at radius 3 is 2.86 bits per heavy atom. The average molecular weight is 313 g/mol. The van der Waals surface area contributed by atoms with Crippen molar-refractivity contribution in [1.82, 2.24) is 15.8 Å². The highest BCUT2D eigenvalue weighted by atomic mass is 32.1. The molecule has 3 rings (SSSR count). The number of rotatable bonds is 5. The molecule has 3 N–H and O–H groups in total. The summed E-state index contributed by atoms with van der Waals surface area (Å²) in [5.74, 6) is -0.476. The van der Waals surface area contributed by atoms with E-state index in [1.54, 1.807) is 17.7 Å². The third kappa shape index (κ3) is 3.30. The summed E-state index contributed by atoms with van der Waals surface area (Å²) in [7, 11) is 0. The summed E-state index contributed by atoms with van der Waals surface area (Å²) < 4.78 is 1.02. The molecule has 0 spiro atoms. The lowest BCUT2D eigenvalue weighted by Crippen LogP contribution is -2.16. The van der Waals surface area contributed by atoms with E-state index in [0.29, 0.717) is 11.4 Å². The van der Waals surface area contributed by atoms with Gasteiger partial charge in [0.2, 0.25) is 0 Å². The smallest absolute Gasteiger partial charge is 0.284 e. The van der Waals surface area contributed by atoms with Crippen LogP contribution in [0.1, 0.15) is 20.9 Å². The van der Waals surface area contributed by atoms with Crippen LogP contribution in [0.25, 0.3) is 10.1 Å². The first-order valence-corrected chi connectivity index (χ1v) is 7.65. The summed E-state index contributed by atoms with van der Waals surface area (Å²) in [5.41, 5.74) is 3.80. The van der Waals surface area contributed by atoms with Gasteiger partial charge in [0.25, 0.3) is 5.91 Å². The lowest BCUT2D eigenvalue weighted by Gasteiger charge is -2.04. The predicted molar refractivity (Wildman–Crippen MR) is 85.9 cm³/mol. The summed E-state index contributed by atoms with van der Waals surface area (Å²) in [6.07, 6.45) is 1.78. The summed E-state index contributed by atoms with van der Waals surface area (Å²) in [6, 6.07) is 13.7. The zero-order chi connectivity index (χ0) is 15.4. The molecule has 1 amide bonds. The van der Waals surface area contributed by atoms with Gasteiger partial charge in [-0.15, -0.1) is 11.3 Å². The third-order valence-electron chi connectivity index (χ3n) is 3.27. The van der Waals surface area contributed by atoms with Crippen LogP contribution in [0.5, 0.6) is 0 Å². The molecular formula is C16H15N3O2S. The van der Waals surface area contributed by atoms with Crippen LogP contribution in [0, 0.1) is 0 Å². The van der Waals surface area contributed by atoms with E-state index in [0.717, 1.165) is 27.9 Å². The molecule has 0 aliphatic heterocycles. The first kappa shape index (κ1) is 14.6. The number of hydrogen-bond donors (Lipinski definition) is 3. The normalized spacial score (nSPS) is 10.8. The molecule has 0 aliphatic rings. The van der Waals surface area contributed by atoms with Crippen molar-refractivity contribution in [2.24, 2.45) is 0 Å². The molecule has 112 valence electrons. The highest BCUT2D eigenvalue weighted by Crippen LogP contribution is 2.26. The summed E-state index contributed by atoms with van der Waals surface area (Å²) in [4.78, 5) is 16.2. The molecule has 3 aromatic rings. The maximum absolute atomic E-state index is 11.4. The maximum atomic E-state index is 11.4. The molecule has 6 heteroatoms. The van der Waals surface area contributed by atoms with Gasteiger partial charge < -0.3 is 5.32 Å². The first-order chi connectivity index (χ1) is 10.8. The summed E-state index contributed by atoms with van der Waals surface area (Å²) >= 11 is 1.36. The molecule has 0 saturated carbocycles. The summed E-state index contributed by atoms with van der Waals surface area (Å²) in [5, 5.41) is 13.0. The summed E-state index contributed by atoms with van der Waals surface area (Å²) in [6.45, 7) is 1.44. The second-order valence-corrected chi connectivity index (χ2v) is 5.93. The van der Waals surface area contributed by atoms with E-state index in [9.17, 15) is 4.79 Å². The minimum Gasteiger partial charge on any atom is -0.307 e. The number of pyridine rings is 1. The molecule has 0 bridgehead atoms. The van der Waals surface area contributed by atoms with Gasteiger partial charge >= 0.3 is 0 Å². The fourth-order valence-electron chi connectivity index (χ4n) is 2.21. The molecule has 0 fully saturated rings. The minimum absolute atomic E-state index is 0.476. The van der Waals surface area contributed by atoms with E-state index in [1.807, 2.05) is 36.4 Å². The van der Waals surface area contributed by atoms with Gasteiger partial charge in [0.05, 0.1) is 10.6 Å². The number of amides is 1. The maximum Gasteiger partial charge on any atom is 0.284 e. The standard InChI is InChI=1S/C16H15N3O2S/c20-16(19-21)15-8-12-7-11(4-5-14(12)22-15)9-17-10-13-3-1-2-6-18-13/h1-8,17,21H,9-10H2,(H,19,20). The van der Waals surface area contributed by atoms with Gasteiger partial charge in [-0.1, -0.05) is 12.1 Å². The number of hydrogen-bond acceptors (Lipinski definition) is 5. The number of thiophene rings is 1. The van der Waals surface area contributed by atoms with Crippen LogP contribution in [0.3, 0.4) is 0 Å². The van der Waals surface area contributed by atoms with Crippen molar-refractivity contribution in [3.8, 4) is 0 Å². The van der Waals surface area contributed by atoms with E-state index in [4.69, 9.17) is 5.21 Å². The molecule has 0 aliphatic carbocycles. The largest absolute Gasteiger partial charge is 0.307 e. The van der Waals surface area contributed by atoms with Crippen molar-refractivity contribution in [2.75, 3.05) is 0 Å². The number of carbonyl (C=O) groups is 1. The van der Waals surface area contributed by atoms with Gasteiger partial charge in [-0.05, 0) is 41.3 Å². The number of aromatic nitrogens is 1. The van der Waals surface area contributed by atoms with Crippen LogP contribution in [0.2, 0.25) is 0 Å². The minimum atomic E-state index is -0.476. The highest BCUT2D eigenvalue weighted by Gasteiger charge is 2.09. The van der Waals surface area contributed by atoms with E-state index in [2.05, 4.69) is 10.3 Å². The van der Waals surface area contributed by atoms with Crippen molar-refractivity contribution < 1.29 is 10.0 Å². The van der Waals surface area contributed by atoms with Gasteiger partial charge in [0, 0.05) is 24.0 Å². The van der Waals surface area contributed by atoms with Crippen molar-refractivity contribution >= 4 is 27.3 Å². The Morgan fingerprint density at radius 2 is 2.09 bits per heavy atom. The quantitative estimate of drug-likeness (QED) is 0.500. The van der Waals surface area contributed by atoms with Crippen LogP contribution in [0.4, 0.5) is 0 Å². The van der Waals surface area contributed by atoms with E-state index in [-0.39, 0.29) is 0 Å². The Labute approximate surface area is 131 Å². The van der Waals surface area contributed by atoms with E-state index in [1.165, 1.54) is 11.3 Å². The highest BCUT2D eigenvalue weighted by molar-refractivity contribution is 7.20. The number of fused-ring (bicyclic) bond motifs is 1. The van der Waals surface area contributed by atoms with Crippen molar-refractivity contribution in [1.29, 1.82) is 0 Å². The van der Waals surface area contributed by atoms with Crippen molar-refractivity contribution in [2.45, 2.75) is 13.1 Å². The SMILES string of the molecule is O=C(NO)c1cc2cc(CNCc3ccccn3)ccc2s1. The topological polar surface area (TPSA) is 74.2 Å². The van der Waals surface area contributed by atoms with Gasteiger partial charge in [-0.25, -0.2) is 5.48 Å². The molecule has 5 nitrogen and oxygen atoms in total. The number of nitrogens with one attached hydrogen (secondary N) is 2. The van der Waals surface area contributed by atoms with Crippen molar-refractivity contribution in [3.63, 3.8) is 0 Å². The van der Waals surface area contributed by atoms with Crippen LogP contribution < -0.4 is 10.8 Å². The molecule has 0 radical (unpaired) electrons. The Morgan fingerprint density at radius 1 is 1.18 bits per heavy atom. The lowest BCUT2D eigenvalue weighted by atomic mass is 10.1. The van der Waals surface area contributed by atoms with E-state index >= 15 is 0 Å². The second-order valence-electron chi connectivity index (χ2n) is 4.85. The molecule has 0 atom stereocenters. The Hall–Kier alpha value is -2.28. The number of carbonyl (C=O) groups excluding carboxylic acids is 1.